The summed E-state index contributed by atoms with van der Waals surface area (Å²) in [5.74, 6) is 0.935. The summed E-state index contributed by atoms with van der Waals surface area (Å²) in [5.41, 5.74) is 8.40. The molecule has 0 aliphatic heterocycles. The van der Waals surface area contributed by atoms with Gasteiger partial charge in [-0.15, -0.1) is 0 Å². The molecule has 0 radical (unpaired) electrons. The third-order valence-electron chi connectivity index (χ3n) is 3.77. The number of carbonyl (C=O) groups is 1. The number of benzene rings is 2. The first-order chi connectivity index (χ1) is 12.3. The number of nitrogen functional groups attached to an aromatic ring is 1. The summed E-state index contributed by atoms with van der Waals surface area (Å²) >= 11 is 0. The number of hydrogen-bond acceptors (Lipinski definition) is 5. The van der Waals surface area contributed by atoms with Crippen LogP contribution in [0, 0.1) is 0 Å². The zero-order valence-electron chi connectivity index (χ0n) is 15.2. The standard InChI is InChI=1S/C20H23N3O3/c1-20(2,3)26-18(24)10-11-25-15-7-4-13(5-8-15)14-6-9-17-16(12-14)19(21)23-22-17/h4-9,12H,10-11H2,1-3H3,(H3,21,22,23). The van der Waals surface area contributed by atoms with Gasteiger partial charge in [0.05, 0.1) is 18.5 Å². The van der Waals surface area contributed by atoms with E-state index < -0.39 is 5.60 Å². The summed E-state index contributed by atoms with van der Waals surface area (Å²) in [6.45, 7) is 5.82. The first kappa shape index (κ1) is 17.8. The van der Waals surface area contributed by atoms with E-state index in [9.17, 15) is 4.79 Å². The zero-order valence-corrected chi connectivity index (χ0v) is 15.2. The van der Waals surface area contributed by atoms with Crippen LogP contribution in [0.25, 0.3) is 22.0 Å². The number of rotatable bonds is 5. The number of esters is 1. The second-order valence-corrected chi connectivity index (χ2v) is 7.08. The minimum Gasteiger partial charge on any atom is -0.493 e. The largest absolute Gasteiger partial charge is 0.493 e. The zero-order chi connectivity index (χ0) is 18.7. The van der Waals surface area contributed by atoms with Gasteiger partial charge < -0.3 is 15.2 Å². The molecule has 0 fully saturated rings. The molecule has 136 valence electrons. The molecule has 0 spiro atoms. The van der Waals surface area contributed by atoms with Crippen molar-refractivity contribution in [3.63, 3.8) is 0 Å². The Kier molecular flexibility index (Phi) is 4.84. The molecule has 1 aromatic heterocycles. The Morgan fingerprint density at radius 2 is 1.81 bits per heavy atom. The molecule has 3 N–H and O–H groups in total. The number of H-pyrrole nitrogens is 1. The number of hydrogen-bond donors (Lipinski definition) is 2. The lowest BCUT2D eigenvalue weighted by Gasteiger charge is -2.19. The van der Waals surface area contributed by atoms with Crippen LogP contribution >= 0.6 is 0 Å². The number of anilines is 1. The van der Waals surface area contributed by atoms with Crippen LogP contribution in [-0.2, 0) is 9.53 Å². The monoisotopic (exact) mass is 353 g/mol. The van der Waals surface area contributed by atoms with Crippen molar-refractivity contribution >= 4 is 22.7 Å². The van der Waals surface area contributed by atoms with Crippen molar-refractivity contribution in [1.29, 1.82) is 0 Å². The first-order valence-corrected chi connectivity index (χ1v) is 8.50. The highest BCUT2D eigenvalue weighted by Gasteiger charge is 2.16. The first-order valence-electron chi connectivity index (χ1n) is 8.50. The molecule has 26 heavy (non-hydrogen) atoms. The van der Waals surface area contributed by atoms with E-state index in [2.05, 4.69) is 10.2 Å². The Bertz CT molecular complexity index is 908. The van der Waals surface area contributed by atoms with Crippen molar-refractivity contribution in [3.05, 3.63) is 42.5 Å². The van der Waals surface area contributed by atoms with Crippen LogP contribution in [0.5, 0.6) is 5.75 Å². The summed E-state index contributed by atoms with van der Waals surface area (Å²) in [5, 5.41) is 7.80. The number of nitrogens with one attached hydrogen (secondary N) is 1. The lowest BCUT2D eigenvalue weighted by molar-refractivity contribution is -0.155. The van der Waals surface area contributed by atoms with Gasteiger partial charge in [-0.3, -0.25) is 9.89 Å². The smallest absolute Gasteiger partial charge is 0.309 e. The SMILES string of the molecule is CC(C)(C)OC(=O)CCOc1ccc(-c2ccc3[nH]nc(N)c3c2)cc1. The van der Waals surface area contributed by atoms with Gasteiger partial charge in [0.15, 0.2) is 5.82 Å². The minimum atomic E-state index is -0.474. The van der Waals surface area contributed by atoms with Crippen LogP contribution < -0.4 is 10.5 Å². The molecule has 0 amide bonds. The van der Waals surface area contributed by atoms with Crippen LogP contribution in [0.3, 0.4) is 0 Å². The summed E-state index contributed by atoms with van der Waals surface area (Å²) in [4.78, 5) is 11.7. The molecule has 0 saturated carbocycles. The summed E-state index contributed by atoms with van der Waals surface area (Å²) < 4.78 is 10.9. The average Bonchev–Trinajstić information content (AvgIpc) is 2.95. The number of ether oxygens (including phenoxy) is 2. The Morgan fingerprint density at radius 1 is 1.12 bits per heavy atom. The van der Waals surface area contributed by atoms with E-state index >= 15 is 0 Å². The van der Waals surface area contributed by atoms with Gasteiger partial charge in [0.2, 0.25) is 0 Å². The predicted octanol–water partition coefficient (Wildman–Crippen LogP) is 3.92. The molecule has 3 rings (SSSR count). The van der Waals surface area contributed by atoms with Crippen molar-refractivity contribution in [3.8, 4) is 16.9 Å². The molecule has 2 aromatic carbocycles. The van der Waals surface area contributed by atoms with Crippen molar-refractivity contribution < 1.29 is 14.3 Å². The van der Waals surface area contributed by atoms with Gasteiger partial charge >= 0.3 is 5.97 Å². The highest BCUT2D eigenvalue weighted by Crippen LogP contribution is 2.27. The number of aromatic amines is 1. The van der Waals surface area contributed by atoms with Gasteiger partial charge in [-0.2, -0.15) is 5.10 Å². The van der Waals surface area contributed by atoms with Crippen LogP contribution in [0.2, 0.25) is 0 Å². The maximum absolute atomic E-state index is 11.7. The highest BCUT2D eigenvalue weighted by molar-refractivity contribution is 5.92. The topological polar surface area (TPSA) is 90.2 Å². The van der Waals surface area contributed by atoms with Gasteiger partial charge in [0.1, 0.15) is 11.4 Å². The molecule has 1 heterocycles. The van der Waals surface area contributed by atoms with Gasteiger partial charge in [0.25, 0.3) is 0 Å². The molecular formula is C20H23N3O3. The van der Waals surface area contributed by atoms with Crippen molar-refractivity contribution in [2.24, 2.45) is 0 Å². The van der Waals surface area contributed by atoms with Crippen LogP contribution in [-0.4, -0.2) is 28.4 Å². The molecule has 0 aliphatic carbocycles. The summed E-state index contributed by atoms with van der Waals surface area (Å²) in [6, 6.07) is 13.7. The Morgan fingerprint density at radius 3 is 2.50 bits per heavy atom. The lowest BCUT2D eigenvalue weighted by Crippen LogP contribution is -2.24. The van der Waals surface area contributed by atoms with Crippen LogP contribution in [0.4, 0.5) is 5.82 Å². The lowest BCUT2D eigenvalue weighted by atomic mass is 10.0. The fraction of sp³-hybridized carbons (Fsp3) is 0.300. The summed E-state index contributed by atoms with van der Waals surface area (Å²) in [6.07, 6.45) is 0.218. The molecular weight excluding hydrogens is 330 g/mol. The number of aromatic nitrogens is 2. The second-order valence-electron chi connectivity index (χ2n) is 7.08. The molecule has 0 aliphatic rings. The van der Waals surface area contributed by atoms with Gasteiger partial charge in [-0.1, -0.05) is 18.2 Å². The van der Waals surface area contributed by atoms with E-state index in [0.29, 0.717) is 11.6 Å². The molecule has 6 heteroatoms. The van der Waals surface area contributed by atoms with Crippen molar-refractivity contribution in [1.82, 2.24) is 10.2 Å². The van der Waals surface area contributed by atoms with E-state index in [0.717, 1.165) is 22.0 Å². The predicted molar refractivity (Wildman–Crippen MR) is 102 cm³/mol. The third kappa shape index (κ3) is 4.33. The van der Waals surface area contributed by atoms with E-state index in [1.54, 1.807) is 0 Å². The molecule has 0 saturated heterocycles. The Balaban J connectivity index is 1.61. The second kappa shape index (κ2) is 7.07. The number of nitrogens with two attached hydrogens (primary N) is 1. The van der Waals surface area contributed by atoms with E-state index in [4.69, 9.17) is 15.2 Å². The van der Waals surface area contributed by atoms with Gasteiger partial charge in [-0.05, 0) is 56.2 Å². The third-order valence-corrected chi connectivity index (χ3v) is 3.77. The molecule has 0 bridgehead atoms. The maximum Gasteiger partial charge on any atom is 0.309 e. The molecule has 0 atom stereocenters. The fourth-order valence-corrected chi connectivity index (χ4v) is 2.60. The van der Waals surface area contributed by atoms with E-state index in [1.165, 1.54) is 0 Å². The molecule has 3 aromatic rings. The minimum absolute atomic E-state index is 0.218. The van der Waals surface area contributed by atoms with Crippen molar-refractivity contribution in [2.45, 2.75) is 32.8 Å². The van der Waals surface area contributed by atoms with E-state index in [1.807, 2.05) is 63.2 Å². The van der Waals surface area contributed by atoms with Crippen LogP contribution in [0.1, 0.15) is 27.2 Å². The normalized spacial score (nSPS) is 11.5. The number of fused-ring (bicyclic) bond motifs is 1. The fourth-order valence-electron chi connectivity index (χ4n) is 2.60. The quantitative estimate of drug-likeness (QED) is 0.679. The van der Waals surface area contributed by atoms with Gasteiger partial charge in [0, 0.05) is 5.39 Å². The summed E-state index contributed by atoms with van der Waals surface area (Å²) in [7, 11) is 0. The number of nitrogens with zero attached hydrogens (tertiary/aromatic N) is 1. The Labute approximate surface area is 152 Å². The van der Waals surface area contributed by atoms with Crippen LogP contribution in [0.15, 0.2) is 42.5 Å². The van der Waals surface area contributed by atoms with Gasteiger partial charge in [-0.25, -0.2) is 0 Å². The maximum atomic E-state index is 11.7. The Hall–Kier alpha value is -3.02. The highest BCUT2D eigenvalue weighted by atomic mass is 16.6. The van der Waals surface area contributed by atoms with E-state index in [-0.39, 0.29) is 19.0 Å². The van der Waals surface area contributed by atoms with Crippen molar-refractivity contribution in [2.75, 3.05) is 12.3 Å². The average molecular weight is 353 g/mol. The number of carbonyl (C=O) groups excluding carboxylic acids is 1. The molecule has 0 unspecified atom stereocenters. The molecule has 6 nitrogen and oxygen atoms in total.